The number of carbonyl (C=O) groups excluding carboxylic acids is 1. The molecule has 0 saturated heterocycles. The monoisotopic (exact) mass is 210 g/mol. The van der Waals surface area contributed by atoms with Crippen LogP contribution >= 0.6 is 0 Å². The van der Waals surface area contributed by atoms with Gasteiger partial charge in [-0.05, 0) is 28.4 Å². The summed E-state index contributed by atoms with van der Waals surface area (Å²) in [7, 11) is 0. The molecule has 5 heteroatoms. The lowest BCUT2D eigenvalue weighted by Gasteiger charge is -2.01. The van der Waals surface area contributed by atoms with Crippen LogP contribution in [0, 0.1) is 0 Å². The van der Waals surface area contributed by atoms with E-state index in [0.29, 0.717) is 11.4 Å². The van der Waals surface area contributed by atoms with E-state index in [2.05, 4.69) is 15.0 Å². The average molecular weight is 210 g/mol. The number of isocyanates is 1. The number of hydrogen-bond donors (Lipinski definition) is 0. The van der Waals surface area contributed by atoms with Gasteiger partial charge in [0.2, 0.25) is 6.08 Å². The smallest absolute Gasteiger partial charge is 0.211 e. The Balaban J connectivity index is 2.80. The van der Waals surface area contributed by atoms with Gasteiger partial charge in [0.1, 0.15) is 0 Å². The lowest BCUT2D eigenvalue weighted by Crippen LogP contribution is -1.73. The van der Waals surface area contributed by atoms with E-state index in [1.54, 1.807) is 12.1 Å². The van der Waals surface area contributed by atoms with Gasteiger partial charge in [0, 0.05) is 4.91 Å². The lowest BCUT2D eigenvalue weighted by atomic mass is 10.1. The highest BCUT2D eigenvalue weighted by atomic mass is 16.1. The highest BCUT2D eigenvalue weighted by Gasteiger charge is 2.02. The van der Waals surface area contributed by atoms with Gasteiger partial charge in [-0.15, -0.1) is 0 Å². The second kappa shape index (κ2) is 4.28. The molecular formula is C11H6N4O. The molecule has 0 bridgehead atoms. The van der Waals surface area contributed by atoms with Crippen LogP contribution in [0.3, 0.4) is 0 Å². The maximum absolute atomic E-state index is 10.2. The van der Waals surface area contributed by atoms with Crippen molar-refractivity contribution in [1.82, 2.24) is 0 Å². The number of rotatable bonds is 2. The molecule has 0 aromatic heterocycles. The van der Waals surface area contributed by atoms with Gasteiger partial charge in [0.05, 0.1) is 11.4 Å². The Bertz CT molecular complexity index is 581. The van der Waals surface area contributed by atoms with Crippen molar-refractivity contribution in [2.45, 2.75) is 0 Å². The normalized spacial score (nSPS) is 9.25. The van der Waals surface area contributed by atoms with Crippen molar-refractivity contribution in [3.05, 3.63) is 46.8 Å². The summed E-state index contributed by atoms with van der Waals surface area (Å²) in [4.78, 5) is 16.4. The molecule has 2 aromatic carbocycles. The maximum Gasteiger partial charge on any atom is 0.240 e. The number of fused-ring (bicyclic) bond motifs is 1. The van der Waals surface area contributed by atoms with E-state index in [-0.39, 0.29) is 0 Å². The Morgan fingerprint density at radius 3 is 2.31 bits per heavy atom. The minimum absolute atomic E-state index is 0.324. The minimum atomic E-state index is 0.324. The van der Waals surface area contributed by atoms with Crippen LogP contribution in [0.2, 0.25) is 0 Å². The fraction of sp³-hybridized carbons (Fsp3) is 0. The number of benzene rings is 2. The van der Waals surface area contributed by atoms with Gasteiger partial charge in [-0.2, -0.15) is 4.99 Å². The van der Waals surface area contributed by atoms with Gasteiger partial charge in [0.15, 0.2) is 0 Å². The summed E-state index contributed by atoms with van der Waals surface area (Å²) in [6, 6.07) is 10.9. The van der Waals surface area contributed by atoms with E-state index in [1.165, 1.54) is 6.08 Å². The topological polar surface area (TPSA) is 78.2 Å². The van der Waals surface area contributed by atoms with Crippen molar-refractivity contribution < 1.29 is 4.79 Å². The molecule has 16 heavy (non-hydrogen) atoms. The molecule has 0 heterocycles. The van der Waals surface area contributed by atoms with Crippen LogP contribution in [0.5, 0.6) is 0 Å². The first-order valence-electron chi connectivity index (χ1n) is 4.51. The molecule has 76 valence electrons. The molecule has 0 spiro atoms. The first kappa shape index (κ1) is 9.93. The van der Waals surface area contributed by atoms with Crippen LogP contribution in [0.4, 0.5) is 11.4 Å². The van der Waals surface area contributed by atoms with Gasteiger partial charge in [-0.1, -0.05) is 29.4 Å². The van der Waals surface area contributed by atoms with E-state index in [9.17, 15) is 4.79 Å². The molecule has 0 saturated carbocycles. The molecule has 0 amide bonds. The molecule has 0 atom stereocenters. The van der Waals surface area contributed by atoms with Crippen LogP contribution in [0.15, 0.2) is 46.5 Å². The maximum atomic E-state index is 10.2. The number of hydrogen-bond acceptors (Lipinski definition) is 3. The molecule has 0 unspecified atom stereocenters. The molecule has 2 aromatic rings. The lowest BCUT2D eigenvalue weighted by molar-refractivity contribution is 0.565. The van der Waals surface area contributed by atoms with Crippen molar-refractivity contribution in [1.29, 1.82) is 0 Å². The highest BCUT2D eigenvalue weighted by Crippen LogP contribution is 2.32. The standard InChI is InChI=1S/C11H6N4O/c12-15-14-11-6-9-4-2-1-3-8(9)5-10(11)13-7-16/h1-6H. The Hall–Kier alpha value is -2.61. The number of azide groups is 1. The Morgan fingerprint density at radius 1 is 1.12 bits per heavy atom. The zero-order valence-electron chi connectivity index (χ0n) is 8.16. The summed E-state index contributed by atoms with van der Waals surface area (Å²) >= 11 is 0. The Labute approximate surface area is 90.7 Å². The van der Waals surface area contributed by atoms with E-state index < -0.39 is 0 Å². The Morgan fingerprint density at radius 2 is 1.75 bits per heavy atom. The quantitative estimate of drug-likeness (QED) is 0.244. The van der Waals surface area contributed by atoms with Crippen LogP contribution in [0.1, 0.15) is 0 Å². The highest BCUT2D eigenvalue weighted by molar-refractivity contribution is 5.90. The van der Waals surface area contributed by atoms with Crippen molar-refractivity contribution in [3.8, 4) is 0 Å². The van der Waals surface area contributed by atoms with Crippen LogP contribution in [0.25, 0.3) is 21.2 Å². The first-order chi connectivity index (χ1) is 7.85. The Kier molecular flexibility index (Phi) is 2.65. The molecule has 0 radical (unpaired) electrons. The summed E-state index contributed by atoms with van der Waals surface area (Å²) in [6.45, 7) is 0. The van der Waals surface area contributed by atoms with Gasteiger partial charge >= 0.3 is 0 Å². The van der Waals surface area contributed by atoms with Gasteiger partial charge in [-0.3, -0.25) is 0 Å². The molecule has 0 N–H and O–H groups in total. The minimum Gasteiger partial charge on any atom is -0.211 e. The molecule has 0 aliphatic heterocycles. The predicted octanol–water partition coefficient (Wildman–Crippen LogP) is 3.75. The largest absolute Gasteiger partial charge is 0.240 e. The van der Waals surface area contributed by atoms with E-state index in [4.69, 9.17) is 5.53 Å². The van der Waals surface area contributed by atoms with Crippen LogP contribution < -0.4 is 0 Å². The number of nitrogens with zero attached hydrogens (tertiary/aromatic N) is 4. The van der Waals surface area contributed by atoms with Crippen LogP contribution in [-0.4, -0.2) is 6.08 Å². The van der Waals surface area contributed by atoms with E-state index >= 15 is 0 Å². The third-order valence-electron chi connectivity index (χ3n) is 2.16. The fourth-order valence-electron chi connectivity index (χ4n) is 1.48. The molecule has 0 fully saturated rings. The SMILES string of the molecule is [N-]=[N+]=Nc1cc2ccccc2cc1N=C=O. The van der Waals surface area contributed by atoms with E-state index in [0.717, 1.165) is 10.8 Å². The second-order valence-electron chi connectivity index (χ2n) is 3.08. The van der Waals surface area contributed by atoms with E-state index in [1.807, 2.05) is 24.3 Å². The van der Waals surface area contributed by atoms with Crippen molar-refractivity contribution in [3.63, 3.8) is 0 Å². The van der Waals surface area contributed by atoms with Gasteiger partial charge in [0.25, 0.3) is 0 Å². The molecule has 5 nitrogen and oxygen atoms in total. The summed E-state index contributed by atoms with van der Waals surface area (Å²) in [6.07, 6.45) is 1.44. The summed E-state index contributed by atoms with van der Waals surface area (Å²) in [5.74, 6) is 0. The molecular weight excluding hydrogens is 204 g/mol. The summed E-state index contributed by atoms with van der Waals surface area (Å²) in [5, 5.41) is 5.33. The second-order valence-corrected chi connectivity index (χ2v) is 3.08. The molecule has 2 rings (SSSR count). The summed E-state index contributed by atoms with van der Waals surface area (Å²) in [5.41, 5.74) is 9.05. The third kappa shape index (κ3) is 1.77. The average Bonchev–Trinajstić information content (AvgIpc) is 2.30. The third-order valence-corrected chi connectivity index (χ3v) is 2.16. The van der Waals surface area contributed by atoms with Crippen LogP contribution in [-0.2, 0) is 4.79 Å². The predicted molar refractivity (Wildman–Crippen MR) is 60.5 cm³/mol. The van der Waals surface area contributed by atoms with Crippen molar-refractivity contribution in [2.75, 3.05) is 0 Å². The molecule has 0 aliphatic carbocycles. The van der Waals surface area contributed by atoms with Crippen molar-refractivity contribution >= 4 is 28.2 Å². The van der Waals surface area contributed by atoms with Crippen molar-refractivity contribution in [2.24, 2.45) is 10.1 Å². The zero-order valence-corrected chi connectivity index (χ0v) is 8.16. The summed E-state index contributed by atoms with van der Waals surface area (Å²) < 4.78 is 0. The number of aliphatic imine (C=N–C) groups is 1. The fourth-order valence-corrected chi connectivity index (χ4v) is 1.48. The molecule has 0 aliphatic rings. The first-order valence-corrected chi connectivity index (χ1v) is 4.51. The van der Waals surface area contributed by atoms with Gasteiger partial charge in [-0.25, -0.2) is 4.79 Å². The van der Waals surface area contributed by atoms with Gasteiger partial charge < -0.3 is 0 Å². The zero-order chi connectivity index (χ0) is 11.4.